The number of methoxy groups -OCH3 is 1. The Hall–Kier alpha value is -2.48. The molecule has 1 aromatic carbocycles. The molecule has 0 radical (unpaired) electrons. The highest BCUT2D eigenvalue weighted by molar-refractivity contribution is 6.30. The van der Waals surface area contributed by atoms with Crippen LogP contribution >= 0.6 is 11.6 Å². The number of halogens is 1. The molecule has 2 atom stereocenters. The molecule has 0 aromatic heterocycles. The molecular weight excluding hydrogens is 422 g/mol. The number of rotatable bonds is 5. The van der Waals surface area contributed by atoms with Crippen LogP contribution in [0.3, 0.4) is 0 Å². The molecule has 1 heterocycles. The minimum atomic E-state index is -0.768. The van der Waals surface area contributed by atoms with Crippen molar-refractivity contribution < 1.29 is 23.9 Å². The number of hydrogen-bond acceptors (Lipinski definition) is 6. The fourth-order valence-electron chi connectivity index (χ4n) is 3.41. The van der Waals surface area contributed by atoms with Crippen LogP contribution in [0.25, 0.3) is 0 Å². The molecule has 2 rings (SSSR count). The highest BCUT2D eigenvalue weighted by atomic mass is 35.5. The average molecular weight is 454 g/mol. The van der Waals surface area contributed by atoms with Crippen LogP contribution in [0.2, 0.25) is 5.02 Å². The average Bonchev–Trinajstić information content (AvgIpc) is 2.69. The second-order valence-electron chi connectivity index (χ2n) is 8.86. The maximum absolute atomic E-state index is 13.3. The van der Waals surface area contributed by atoms with Crippen molar-refractivity contribution in [1.29, 1.82) is 0 Å². The predicted molar refractivity (Wildman–Crippen MR) is 119 cm³/mol. The highest BCUT2D eigenvalue weighted by Crippen LogP contribution is 2.24. The molecule has 8 nitrogen and oxygen atoms in total. The summed E-state index contributed by atoms with van der Waals surface area (Å²) in [6, 6.07) is 5.73. The minimum Gasteiger partial charge on any atom is -0.467 e. The first-order valence-corrected chi connectivity index (χ1v) is 10.7. The molecule has 0 aliphatic carbocycles. The van der Waals surface area contributed by atoms with Crippen molar-refractivity contribution in [2.24, 2.45) is 5.92 Å². The van der Waals surface area contributed by atoms with Crippen LogP contribution in [0.1, 0.15) is 34.6 Å². The first-order chi connectivity index (χ1) is 14.4. The van der Waals surface area contributed by atoms with E-state index in [1.807, 2.05) is 30.9 Å². The van der Waals surface area contributed by atoms with E-state index in [0.717, 1.165) is 5.69 Å². The summed E-state index contributed by atoms with van der Waals surface area (Å²) in [7, 11) is 1.32. The number of nitrogens with one attached hydrogen (secondary N) is 1. The van der Waals surface area contributed by atoms with Crippen molar-refractivity contribution in [2.45, 2.75) is 52.3 Å². The number of carbonyl (C=O) groups excluding carboxylic acids is 3. The van der Waals surface area contributed by atoms with Gasteiger partial charge in [-0.25, -0.2) is 9.59 Å². The zero-order chi connectivity index (χ0) is 23.3. The number of benzene rings is 1. The Kier molecular flexibility index (Phi) is 8.17. The number of anilines is 1. The van der Waals surface area contributed by atoms with E-state index in [2.05, 4.69) is 5.32 Å². The summed E-state index contributed by atoms with van der Waals surface area (Å²) < 4.78 is 10.3. The zero-order valence-electron chi connectivity index (χ0n) is 19.0. The van der Waals surface area contributed by atoms with E-state index in [0.29, 0.717) is 18.1 Å². The molecule has 0 unspecified atom stereocenters. The number of piperazine rings is 1. The van der Waals surface area contributed by atoms with E-state index >= 15 is 0 Å². The van der Waals surface area contributed by atoms with E-state index in [9.17, 15) is 14.4 Å². The molecule has 0 spiro atoms. The molecule has 9 heteroatoms. The molecular formula is C22H32ClN3O5. The molecule has 1 fully saturated rings. The summed E-state index contributed by atoms with van der Waals surface area (Å²) in [6.07, 6.45) is -0.649. The molecule has 1 saturated heterocycles. The third-order valence-electron chi connectivity index (χ3n) is 4.93. The van der Waals surface area contributed by atoms with Gasteiger partial charge in [-0.3, -0.25) is 4.79 Å². The van der Waals surface area contributed by atoms with Gasteiger partial charge in [0.2, 0.25) is 5.91 Å². The number of ether oxygens (including phenoxy) is 2. The summed E-state index contributed by atoms with van der Waals surface area (Å²) in [5.41, 5.74) is 0.147. The van der Waals surface area contributed by atoms with Gasteiger partial charge in [-0.15, -0.1) is 0 Å². The van der Waals surface area contributed by atoms with Crippen LogP contribution in [0.4, 0.5) is 10.5 Å². The Bertz CT molecular complexity index is 791. The van der Waals surface area contributed by atoms with Gasteiger partial charge in [0.1, 0.15) is 17.7 Å². The third-order valence-corrected chi connectivity index (χ3v) is 5.18. The molecule has 1 aliphatic heterocycles. The number of esters is 1. The van der Waals surface area contributed by atoms with Crippen molar-refractivity contribution in [2.75, 3.05) is 31.6 Å². The largest absolute Gasteiger partial charge is 0.467 e. The van der Waals surface area contributed by atoms with Gasteiger partial charge in [0.15, 0.2) is 0 Å². The lowest BCUT2D eigenvalue weighted by Crippen LogP contribution is -2.62. The molecule has 0 bridgehead atoms. The van der Waals surface area contributed by atoms with Crippen LogP contribution in [-0.4, -0.2) is 67.3 Å². The molecule has 31 heavy (non-hydrogen) atoms. The van der Waals surface area contributed by atoms with E-state index in [1.54, 1.807) is 37.8 Å². The third kappa shape index (κ3) is 6.75. The lowest BCUT2D eigenvalue weighted by atomic mass is 10.0. The predicted octanol–water partition coefficient (Wildman–Crippen LogP) is 3.08. The normalized spacial score (nSPS) is 17.9. The summed E-state index contributed by atoms with van der Waals surface area (Å²) in [6.45, 7) is 9.95. The van der Waals surface area contributed by atoms with E-state index < -0.39 is 29.7 Å². The summed E-state index contributed by atoms with van der Waals surface area (Å²) in [5, 5.41) is 3.28. The molecule has 1 N–H and O–H groups in total. The summed E-state index contributed by atoms with van der Waals surface area (Å²) in [5.74, 6) is -0.856. The van der Waals surface area contributed by atoms with Gasteiger partial charge >= 0.3 is 12.1 Å². The lowest BCUT2D eigenvalue weighted by molar-refractivity contribution is -0.145. The van der Waals surface area contributed by atoms with Crippen LogP contribution in [0.15, 0.2) is 24.3 Å². The number of hydrogen-bond donors (Lipinski definition) is 1. The number of carbonyl (C=O) groups is 3. The highest BCUT2D eigenvalue weighted by Gasteiger charge is 2.38. The van der Waals surface area contributed by atoms with Gasteiger partial charge < -0.3 is 24.6 Å². The second kappa shape index (κ2) is 10.2. The Morgan fingerprint density at radius 2 is 1.74 bits per heavy atom. The monoisotopic (exact) mass is 453 g/mol. The second-order valence-corrected chi connectivity index (χ2v) is 9.30. The Labute approximate surface area is 188 Å². The van der Waals surface area contributed by atoms with E-state index in [1.165, 1.54) is 7.11 Å². The molecule has 172 valence electrons. The number of amides is 2. The molecule has 1 aromatic rings. The van der Waals surface area contributed by atoms with Crippen LogP contribution < -0.4 is 10.2 Å². The SMILES string of the molecule is COC(=O)[C@H]1CN(C(=O)[C@@H](NC(=O)OC(C)(C)C)C(C)C)CCN1c1ccc(Cl)cc1. The van der Waals surface area contributed by atoms with Crippen molar-refractivity contribution in [3.05, 3.63) is 29.3 Å². The summed E-state index contributed by atoms with van der Waals surface area (Å²) >= 11 is 5.98. The van der Waals surface area contributed by atoms with Gasteiger partial charge in [0, 0.05) is 23.8 Å². The number of alkyl carbamates (subject to hydrolysis) is 1. The van der Waals surface area contributed by atoms with Crippen LogP contribution in [0, 0.1) is 5.92 Å². The number of nitrogens with zero attached hydrogens (tertiary/aromatic N) is 2. The fourth-order valence-corrected chi connectivity index (χ4v) is 3.53. The first-order valence-electron chi connectivity index (χ1n) is 10.3. The van der Waals surface area contributed by atoms with Gasteiger partial charge in [-0.2, -0.15) is 0 Å². The standard InChI is InChI=1S/C22H32ClN3O5/c1-14(2)18(24-21(29)31-22(3,4)5)19(27)25-11-12-26(17(13-25)20(28)30-6)16-9-7-15(23)8-10-16/h7-10,14,17-18H,11-13H2,1-6H3,(H,24,29)/t17-,18+/m1/s1. The van der Waals surface area contributed by atoms with Gasteiger partial charge in [0.05, 0.1) is 13.7 Å². The van der Waals surface area contributed by atoms with Crippen molar-refractivity contribution in [3.63, 3.8) is 0 Å². The maximum atomic E-state index is 13.3. The van der Waals surface area contributed by atoms with Crippen molar-refractivity contribution in [3.8, 4) is 0 Å². The van der Waals surface area contributed by atoms with Crippen molar-refractivity contribution >= 4 is 35.3 Å². The first kappa shape index (κ1) is 24.8. The molecule has 1 aliphatic rings. The molecule has 0 saturated carbocycles. The Balaban J connectivity index is 2.18. The minimum absolute atomic E-state index is 0.146. The Morgan fingerprint density at radius 1 is 1.13 bits per heavy atom. The zero-order valence-corrected chi connectivity index (χ0v) is 19.7. The van der Waals surface area contributed by atoms with Crippen LogP contribution in [-0.2, 0) is 19.1 Å². The van der Waals surface area contributed by atoms with E-state index in [-0.39, 0.29) is 18.4 Å². The van der Waals surface area contributed by atoms with Gasteiger partial charge in [-0.1, -0.05) is 25.4 Å². The van der Waals surface area contributed by atoms with E-state index in [4.69, 9.17) is 21.1 Å². The molecule has 2 amide bonds. The Morgan fingerprint density at radius 3 is 2.26 bits per heavy atom. The quantitative estimate of drug-likeness (QED) is 0.689. The summed E-state index contributed by atoms with van der Waals surface area (Å²) in [4.78, 5) is 41.5. The van der Waals surface area contributed by atoms with Gasteiger partial charge in [-0.05, 0) is 51.0 Å². The topological polar surface area (TPSA) is 88.2 Å². The lowest BCUT2D eigenvalue weighted by Gasteiger charge is -2.42. The fraction of sp³-hybridized carbons (Fsp3) is 0.591. The van der Waals surface area contributed by atoms with Crippen molar-refractivity contribution in [1.82, 2.24) is 10.2 Å². The van der Waals surface area contributed by atoms with Gasteiger partial charge in [0.25, 0.3) is 0 Å². The maximum Gasteiger partial charge on any atom is 0.408 e. The van der Waals surface area contributed by atoms with Crippen LogP contribution in [0.5, 0.6) is 0 Å². The smallest absolute Gasteiger partial charge is 0.408 e.